The Morgan fingerprint density at radius 2 is 2.28 bits per heavy atom. The molecule has 98 valence electrons. The van der Waals surface area contributed by atoms with Crippen molar-refractivity contribution in [2.45, 2.75) is 25.8 Å². The minimum absolute atomic E-state index is 0.265. The Bertz CT molecular complexity index is 416. The van der Waals surface area contributed by atoms with Gasteiger partial charge in [0.1, 0.15) is 5.82 Å². The van der Waals surface area contributed by atoms with Crippen LogP contribution in [0.1, 0.15) is 30.1 Å². The molecule has 2 N–H and O–H groups in total. The van der Waals surface area contributed by atoms with Crippen molar-refractivity contribution in [1.29, 1.82) is 0 Å². The summed E-state index contributed by atoms with van der Waals surface area (Å²) in [4.78, 5) is 17.4. The van der Waals surface area contributed by atoms with Crippen molar-refractivity contribution in [3.05, 3.63) is 23.9 Å². The number of carboxylic acids is 1. The van der Waals surface area contributed by atoms with E-state index in [0.717, 1.165) is 19.6 Å². The number of pyridine rings is 1. The third kappa shape index (κ3) is 3.20. The lowest BCUT2D eigenvalue weighted by Crippen LogP contribution is -2.35. The molecule has 1 aliphatic heterocycles. The first-order chi connectivity index (χ1) is 8.66. The first kappa shape index (κ1) is 12.8. The maximum Gasteiger partial charge on any atom is 0.335 e. The van der Waals surface area contributed by atoms with E-state index >= 15 is 0 Å². The fourth-order valence-corrected chi connectivity index (χ4v) is 2.22. The number of aromatic nitrogens is 1. The molecule has 2 rings (SSSR count). The molecular formula is C13H19N3O2. The van der Waals surface area contributed by atoms with Gasteiger partial charge in [0.25, 0.3) is 0 Å². The first-order valence-electron chi connectivity index (χ1n) is 6.34. The molecule has 0 bridgehead atoms. The molecule has 1 aromatic heterocycles. The van der Waals surface area contributed by atoms with E-state index in [-0.39, 0.29) is 5.56 Å². The summed E-state index contributed by atoms with van der Waals surface area (Å²) in [5, 5.41) is 12.1. The van der Waals surface area contributed by atoms with Gasteiger partial charge in [-0.2, -0.15) is 0 Å². The van der Waals surface area contributed by atoms with E-state index in [1.807, 2.05) is 0 Å². The summed E-state index contributed by atoms with van der Waals surface area (Å²) in [7, 11) is 0. The number of hydrogen-bond acceptors (Lipinski definition) is 4. The summed E-state index contributed by atoms with van der Waals surface area (Å²) >= 11 is 0. The molecule has 18 heavy (non-hydrogen) atoms. The highest BCUT2D eigenvalue weighted by Gasteiger charge is 2.17. The van der Waals surface area contributed by atoms with Crippen LogP contribution in [0, 0.1) is 0 Å². The van der Waals surface area contributed by atoms with Crippen LogP contribution < -0.4 is 5.32 Å². The van der Waals surface area contributed by atoms with Gasteiger partial charge in [0.15, 0.2) is 0 Å². The van der Waals surface area contributed by atoms with E-state index in [0.29, 0.717) is 11.9 Å². The average molecular weight is 249 g/mol. The van der Waals surface area contributed by atoms with E-state index in [4.69, 9.17) is 5.11 Å². The molecule has 0 saturated carbocycles. The SMILES string of the molecule is CC(CNc1cc(C(=O)O)ccn1)N1CCCC1. The second-order valence-electron chi connectivity index (χ2n) is 4.71. The number of carboxylic acid groups (broad SMARTS) is 1. The van der Waals surface area contributed by atoms with Crippen molar-refractivity contribution < 1.29 is 9.90 Å². The molecule has 0 spiro atoms. The smallest absolute Gasteiger partial charge is 0.335 e. The molecule has 0 radical (unpaired) electrons. The molecule has 1 aromatic rings. The third-order valence-electron chi connectivity index (χ3n) is 3.35. The van der Waals surface area contributed by atoms with Gasteiger partial charge < -0.3 is 10.4 Å². The number of nitrogens with zero attached hydrogens (tertiary/aromatic N) is 2. The Labute approximate surface area is 107 Å². The summed E-state index contributed by atoms with van der Waals surface area (Å²) in [6, 6.07) is 3.51. The third-order valence-corrected chi connectivity index (χ3v) is 3.35. The Hall–Kier alpha value is -1.62. The maximum atomic E-state index is 10.8. The molecule has 1 atom stereocenters. The van der Waals surface area contributed by atoms with E-state index in [9.17, 15) is 4.79 Å². The normalized spacial score (nSPS) is 17.6. The van der Waals surface area contributed by atoms with Crippen LogP contribution in [-0.4, -0.2) is 46.6 Å². The second kappa shape index (κ2) is 5.82. The molecule has 1 unspecified atom stereocenters. The zero-order valence-electron chi connectivity index (χ0n) is 10.6. The maximum absolute atomic E-state index is 10.8. The molecule has 2 heterocycles. The molecule has 1 aliphatic rings. The van der Waals surface area contributed by atoms with E-state index in [2.05, 4.69) is 22.1 Å². The number of aromatic carboxylic acids is 1. The highest BCUT2D eigenvalue weighted by atomic mass is 16.4. The molecule has 0 aliphatic carbocycles. The molecule has 0 amide bonds. The summed E-state index contributed by atoms with van der Waals surface area (Å²) in [5.74, 6) is -0.297. The zero-order chi connectivity index (χ0) is 13.0. The van der Waals surface area contributed by atoms with Crippen molar-refractivity contribution in [3.8, 4) is 0 Å². The van der Waals surface area contributed by atoms with Gasteiger partial charge in [-0.15, -0.1) is 0 Å². The minimum atomic E-state index is -0.923. The molecule has 1 fully saturated rings. The lowest BCUT2D eigenvalue weighted by molar-refractivity contribution is 0.0697. The van der Waals surface area contributed by atoms with Gasteiger partial charge in [-0.25, -0.2) is 9.78 Å². The Morgan fingerprint density at radius 1 is 1.56 bits per heavy atom. The van der Waals surface area contributed by atoms with E-state index in [1.54, 1.807) is 6.07 Å². The van der Waals surface area contributed by atoms with Crippen LogP contribution in [-0.2, 0) is 0 Å². The lowest BCUT2D eigenvalue weighted by atomic mass is 10.2. The fraction of sp³-hybridized carbons (Fsp3) is 0.538. The fourth-order valence-electron chi connectivity index (χ4n) is 2.22. The topological polar surface area (TPSA) is 65.5 Å². The van der Waals surface area contributed by atoms with Crippen molar-refractivity contribution in [3.63, 3.8) is 0 Å². The van der Waals surface area contributed by atoms with E-state index < -0.39 is 5.97 Å². The van der Waals surface area contributed by atoms with Crippen LogP contribution in [0.3, 0.4) is 0 Å². The van der Waals surface area contributed by atoms with Gasteiger partial charge in [0.05, 0.1) is 5.56 Å². The quantitative estimate of drug-likeness (QED) is 0.831. The number of anilines is 1. The molecule has 5 nitrogen and oxygen atoms in total. The number of nitrogens with one attached hydrogen (secondary N) is 1. The molecule has 0 aromatic carbocycles. The van der Waals surface area contributed by atoms with Crippen LogP contribution in [0.2, 0.25) is 0 Å². The Morgan fingerprint density at radius 3 is 2.94 bits per heavy atom. The van der Waals surface area contributed by atoms with Crippen LogP contribution in [0.15, 0.2) is 18.3 Å². The summed E-state index contributed by atoms with van der Waals surface area (Å²) in [5.41, 5.74) is 0.265. The number of rotatable bonds is 5. The predicted octanol–water partition coefficient (Wildman–Crippen LogP) is 1.68. The second-order valence-corrected chi connectivity index (χ2v) is 4.71. The van der Waals surface area contributed by atoms with Crippen molar-refractivity contribution >= 4 is 11.8 Å². The first-order valence-corrected chi connectivity index (χ1v) is 6.34. The van der Waals surface area contributed by atoms with Crippen LogP contribution in [0.4, 0.5) is 5.82 Å². The van der Waals surface area contributed by atoms with Crippen LogP contribution >= 0.6 is 0 Å². The number of likely N-dealkylation sites (tertiary alicyclic amines) is 1. The largest absolute Gasteiger partial charge is 0.478 e. The molecular weight excluding hydrogens is 230 g/mol. The summed E-state index contributed by atoms with van der Waals surface area (Å²) in [6.07, 6.45) is 4.07. The minimum Gasteiger partial charge on any atom is -0.478 e. The van der Waals surface area contributed by atoms with Crippen molar-refractivity contribution in [2.75, 3.05) is 25.0 Å². The Balaban J connectivity index is 1.89. The number of carbonyl (C=O) groups is 1. The van der Waals surface area contributed by atoms with Gasteiger partial charge in [0, 0.05) is 18.8 Å². The average Bonchev–Trinajstić information content (AvgIpc) is 2.90. The van der Waals surface area contributed by atoms with Crippen molar-refractivity contribution in [2.24, 2.45) is 0 Å². The highest BCUT2D eigenvalue weighted by Crippen LogP contribution is 2.12. The van der Waals surface area contributed by atoms with Gasteiger partial charge >= 0.3 is 5.97 Å². The summed E-state index contributed by atoms with van der Waals surface area (Å²) in [6.45, 7) is 5.28. The zero-order valence-corrected chi connectivity index (χ0v) is 10.6. The van der Waals surface area contributed by atoms with Gasteiger partial charge in [-0.1, -0.05) is 0 Å². The van der Waals surface area contributed by atoms with Crippen LogP contribution in [0.5, 0.6) is 0 Å². The van der Waals surface area contributed by atoms with Crippen LogP contribution in [0.25, 0.3) is 0 Å². The van der Waals surface area contributed by atoms with Gasteiger partial charge in [-0.3, -0.25) is 4.90 Å². The predicted molar refractivity (Wildman–Crippen MR) is 70.0 cm³/mol. The van der Waals surface area contributed by atoms with Gasteiger partial charge in [0.2, 0.25) is 0 Å². The monoisotopic (exact) mass is 249 g/mol. The standard InChI is InChI=1S/C13H19N3O2/c1-10(16-6-2-3-7-16)9-15-12-8-11(13(17)18)4-5-14-12/h4-5,8,10H,2-3,6-7,9H2,1H3,(H,14,15)(H,17,18). The van der Waals surface area contributed by atoms with E-state index in [1.165, 1.54) is 25.1 Å². The van der Waals surface area contributed by atoms with Crippen molar-refractivity contribution in [1.82, 2.24) is 9.88 Å². The lowest BCUT2D eigenvalue weighted by Gasteiger charge is -2.24. The van der Waals surface area contributed by atoms with Gasteiger partial charge in [-0.05, 0) is 45.0 Å². The summed E-state index contributed by atoms with van der Waals surface area (Å²) < 4.78 is 0. The molecule has 1 saturated heterocycles. The number of hydrogen-bond donors (Lipinski definition) is 2. The highest BCUT2D eigenvalue weighted by molar-refractivity contribution is 5.88. The molecule has 5 heteroatoms. The Kier molecular flexibility index (Phi) is 4.15.